The summed E-state index contributed by atoms with van der Waals surface area (Å²) in [4.78, 5) is 58.5. The Hall–Kier alpha value is -2.55. The van der Waals surface area contributed by atoms with Crippen molar-refractivity contribution in [3.8, 4) is 5.75 Å². The lowest BCUT2D eigenvalue weighted by Gasteiger charge is -2.41. The number of hydrogen-bond acceptors (Lipinski definition) is 10. The number of halogens is 1. The number of hydrogen-bond donors (Lipinski definition) is 3. The van der Waals surface area contributed by atoms with Crippen molar-refractivity contribution in [3.63, 3.8) is 0 Å². The Balaban J connectivity index is 1.68. The third-order valence-corrected chi connectivity index (χ3v) is 15.5. The number of benzene rings is 1. The van der Waals surface area contributed by atoms with Crippen molar-refractivity contribution in [3.05, 3.63) is 46.5 Å². The molecule has 4 rings (SSSR count). The van der Waals surface area contributed by atoms with Gasteiger partial charge in [-0.15, -0.1) is 0 Å². The molecule has 1 aromatic rings. The normalized spacial score (nSPS) is 29.5. The van der Waals surface area contributed by atoms with Crippen LogP contribution in [0.25, 0.3) is 0 Å². The van der Waals surface area contributed by atoms with E-state index in [9.17, 15) is 24.3 Å². The lowest BCUT2D eigenvalue weighted by molar-refractivity contribution is -0.154. The maximum absolute atomic E-state index is 14.8. The Labute approximate surface area is 340 Å². The number of rotatable bonds is 13. The summed E-state index contributed by atoms with van der Waals surface area (Å²) in [6, 6.07) is 2.97. The lowest BCUT2D eigenvalue weighted by Crippen LogP contribution is -2.60. The van der Waals surface area contributed by atoms with E-state index in [1.165, 1.54) is 24.0 Å². The number of nitrogens with two attached hydrogens (primary N) is 1. The highest BCUT2D eigenvalue weighted by Gasteiger charge is 2.59. The molecule has 4 N–H and O–H groups in total. The third kappa shape index (κ3) is 11.1. The number of carbonyl (C=O) groups excluding carboxylic acids is 4. The number of carbonyl (C=O) groups is 4. The van der Waals surface area contributed by atoms with Crippen molar-refractivity contribution in [2.24, 2.45) is 28.9 Å². The molecule has 1 saturated carbocycles. The topological polar surface area (TPSA) is 151 Å². The van der Waals surface area contributed by atoms with Gasteiger partial charge >= 0.3 is 0 Å². The number of ketones is 1. The molecule has 2 aliphatic heterocycles. The molecule has 7 atom stereocenters. The Morgan fingerprint density at radius 3 is 2.60 bits per heavy atom. The number of nitrogens with zero attached hydrogens (tertiary/aromatic N) is 2. The highest BCUT2D eigenvalue weighted by atomic mass is 35.5. The number of nitrogens with one attached hydrogen (secondary N) is 1. The summed E-state index contributed by atoms with van der Waals surface area (Å²) in [6.45, 7) is 10.5. The van der Waals surface area contributed by atoms with E-state index < -0.39 is 29.2 Å². The summed E-state index contributed by atoms with van der Waals surface area (Å²) < 4.78 is 11.2. The molecule has 1 saturated heterocycles. The molecule has 3 amide bonds. The van der Waals surface area contributed by atoms with Gasteiger partial charge in [0.2, 0.25) is 17.7 Å². The van der Waals surface area contributed by atoms with Crippen LogP contribution < -0.4 is 20.7 Å². The second-order valence-electron chi connectivity index (χ2n) is 16.5. The van der Waals surface area contributed by atoms with Crippen LogP contribution in [0.1, 0.15) is 85.1 Å². The van der Waals surface area contributed by atoms with Gasteiger partial charge in [0.1, 0.15) is 16.9 Å². The molecule has 3 aliphatic rings. The molecule has 0 spiro atoms. The number of likely N-dealkylation sites (N-methyl/N-ethyl adjacent to an activating group) is 1. The van der Waals surface area contributed by atoms with Crippen LogP contribution in [0.4, 0.5) is 5.69 Å². The maximum Gasteiger partial charge on any atom is 0.230 e. The number of amides is 3. The Bertz CT molecular complexity index is 1660. The monoisotopic (exact) mass is 820 g/mol. The minimum atomic E-state index is -1.61. The standard InChI is InChI=1S/C41H61ClN4O7S2/c1-25-11-10-12-34(53-9)41(51)23-28(21-35(48)44-41)18-29-24-40(29,5)30(38(50)46(7)31-19-27(17-25)20-33(52-8)37(31)42)22-32(47)26(2)45(6)36(49)13-14-39(3,4)55-54-16-15-43/h10-12,19-20,26,28-30,34,51H,13-18,21-24,43H2,1-9H3,(H,44,48)/b12-10-,25-11-/t26-,28?,29+,30-,34+,40?,41?/m0/s1. The summed E-state index contributed by atoms with van der Waals surface area (Å²) in [7, 11) is 9.77. The minimum absolute atomic E-state index is 0.00619. The summed E-state index contributed by atoms with van der Waals surface area (Å²) in [5.74, 6) is -0.520. The van der Waals surface area contributed by atoms with Crippen molar-refractivity contribution in [2.45, 2.75) is 109 Å². The van der Waals surface area contributed by atoms with Crippen LogP contribution in [-0.4, -0.2) is 96.7 Å². The van der Waals surface area contributed by atoms with Crippen molar-refractivity contribution in [1.29, 1.82) is 0 Å². The van der Waals surface area contributed by atoms with Crippen LogP contribution in [0.15, 0.2) is 35.9 Å². The number of methoxy groups -OCH3 is 2. The first-order chi connectivity index (χ1) is 25.8. The van der Waals surface area contributed by atoms with Gasteiger partial charge in [-0.1, -0.05) is 63.9 Å². The quantitative estimate of drug-likeness (QED) is 0.152. The van der Waals surface area contributed by atoms with E-state index in [-0.39, 0.29) is 70.8 Å². The molecule has 55 heavy (non-hydrogen) atoms. The van der Waals surface area contributed by atoms with E-state index in [1.807, 2.05) is 38.1 Å². The molecule has 306 valence electrons. The number of ether oxygens (including phenoxy) is 2. The van der Waals surface area contributed by atoms with Gasteiger partial charge in [-0.05, 0) is 88.3 Å². The molecule has 3 unspecified atom stereocenters. The largest absolute Gasteiger partial charge is 0.495 e. The smallest absolute Gasteiger partial charge is 0.230 e. The molecule has 11 nitrogen and oxygen atoms in total. The first kappa shape index (κ1) is 45.2. The van der Waals surface area contributed by atoms with Crippen LogP contribution in [0.5, 0.6) is 5.75 Å². The van der Waals surface area contributed by atoms with Crippen LogP contribution in [0.3, 0.4) is 0 Å². The summed E-state index contributed by atoms with van der Waals surface area (Å²) in [6.07, 6.45) is 7.81. The lowest BCUT2D eigenvalue weighted by atomic mass is 9.78. The van der Waals surface area contributed by atoms with E-state index in [4.69, 9.17) is 26.8 Å². The number of anilines is 1. The number of piperidine rings is 1. The van der Waals surface area contributed by atoms with Gasteiger partial charge in [0.15, 0.2) is 11.5 Å². The average Bonchev–Trinajstić information content (AvgIpc) is 3.78. The molecule has 1 aliphatic carbocycles. The molecule has 0 aromatic heterocycles. The molecular formula is C41H61ClN4O7S2. The number of aliphatic hydroxyl groups is 1. The van der Waals surface area contributed by atoms with Gasteiger partial charge in [-0.25, -0.2) is 0 Å². The maximum atomic E-state index is 14.8. The molecule has 2 heterocycles. The SMILES string of the molecule is COc1cc2cc(c1Cl)N(C)C(=O)[C@H](CC(=O)[C@H](C)N(C)C(=O)CCC(C)(C)SSCCN)C1(C)C[C@H]1CC1CC(=O)NC(O)(C1)[C@H](OC)/C=C\C=C(\C)C2. The zero-order valence-electron chi connectivity index (χ0n) is 33.9. The van der Waals surface area contributed by atoms with Gasteiger partial charge in [0, 0.05) is 63.9 Å². The van der Waals surface area contributed by atoms with E-state index in [2.05, 4.69) is 19.2 Å². The van der Waals surface area contributed by atoms with Gasteiger partial charge in [0.05, 0.1) is 24.8 Å². The summed E-state index contributed by atoms with van der Waals surface area (Å²) >= 11 is 6.89. The molecule has 0 radical (unpaired) electrons. The molecule has 2 fully saturated rings. The predicted octanol–water partition coefficient (Wildman–Crippen LogP) is 6.34. The third-order valence-electron chi connectivity index (χ3n) is 11.7. The van der Waals surface area contributed by atoms with Crippen LogP contribution >= 0.6 is 33.2 Å². The van der Waals surface area contributed by atoms with Crippen LogP contribution in [0, 0.1) is 23.2 Å². The highest BCUT2D eigenvalue weighted by Crippen LogP contribution is 2.62. The van der Waals surface area contributed by atoms with Gasteiger partial charge in [-0.3, -0.25) is 19.2 Å². The van der Waals surface area contributed by atoms with E-state index in [0.717, 1.165) is 16.9 Å². The first-order valence-electron chi connectivity index (χ1n) is 19.1. The van der Waals surface area contributed by atoms with Gasteiger partial charge in [0.25, 0.3) is 0 Å². The van der Waals surface area contributed by atoms with E-state index in [1.54, 1.807) is 48.7 Å². The van der Waals surface area contributed by atoms with Crippen LogP contribution in [-0.2, 0) is 30.3 Å². The molecular weight excluding hydrogens is 760 g/mol. The molecule has 14 heteroatoms. The minimum Gasteiger partial charge on any atom is -0.495 e. The van der Waals surface area contributed by atoms with Crippen molar-refractivity contribution < 1.29 is 33.8 Å². The van der Waals surface area contributed by atoms with Gasteiger partial charge in [-0.2, -0.15) is 0 Å². The molecule has 1 aromatic carbocycles. The summed E-state index contributed by atoms with van der Waals surface area (Å²) in [5, 5.41) is 14.8. The second kappa shape index (κ2) is 18.8. The number of Topliss-reactive ketones (excluding diaryl/α,β-unsaturated/α-hetero) is 1. The Kier molecular flexibility index (Phi) is 15.4. The fraction of sp³-hybridized carbons (Fsp3) is 0.659. The van der Waals surface area contributed by atoms with E-state index >= 15 is 0 Å². The van der Waals surface area contributed by atoms with E-state index in [0.29, 0.717) is 43.7 Å². The highest BCUT2D eigenvalue weighted by molar-refractivity contribution is 8.77. The van der Waals surface area contributed by atoms with Crippen molar-refractivity contribution in [1.82, 2.24) is 10.2 Å². The van der Waals surface area contributed by atoms with Crippen molar-refractivity contribution >= 4 is 62.4 Å². The number of fused-ring (bicyclic) bond motifs is 5. The predicted molar refractivity (Wildman–Crippen MR) is 223 cm³/mol. The van der Waals surface area contributed by atoms with Gasteiger partial charge < -0.3 is 35.4 Å². The number of allylic oxidation sites excluding steroid dienone is 3. The zero-order chi connectivity index (χ0) is 40.9. The fourth-order valence-electron chi connectivity index (χ4n) is 8.03. The summed E-state index contributed by atoms with van der Waals surface area (Å²) in [5.41, 5.74) is 5.76. The Morgan fingerprint density at radius 1 is 1.24 bits per heavy atom. The first-order valence-corrected chi connectivity index (χ1v) is 21.8. The Morgan fingerprint density at radius 2 is 1.95 bits per heavy atom. The van der Waals surface area contributed by atoms with Crippen LogP contribution in [0.2, 0.25) is 5.02 Å². The second-order valence-corrected chi connectivity index (χ2v) is 20.0. The fourth-order valence-corrected chi connectivity index (χ4v) is 10.8. The molecule has 4 bridgehead atoms. The van der Waals surface area contributed by atoms with Crippen molar-refractivity contribution in [2.75, 3.05) is 45.5 Å². The average molecular weight is 822 g/mol. The zero-order valence-corrected chi connectivity index (χ0v) is 36.3.